The molecule has 0 saturated carbocycles. The maximum Gasteiger partial charge on any atom is 0.433 e. The molecule has 2 aromatic rings. The number of carbonyl (C=O) groups is 1. The number of rotatable bonds is 3. The van der Waals surface area contributed by atoms with Crippen molar-refractivity contribution in [2.75, 3.05) is 16.8 Å². The van der Waals surface area contributed by atoms with Gasteiger partial charge in [0.15, 0.2) is 0 Å². The van der Waals surface area contributed by atoms with Gasteiger partial charge in [0.2, 0.25) is 0 Å². The van der Waals surface area contributed by atoms with Crippen LogP contribution in [0, 0.1) is 6.92 Å². The molecule has 8 heteroatoms. The summed E-state index contributed by atoms with van der Waals surface area (Å²) in [5.74, 6) is 1.76. The average Bonchev–Trinajstić information content (AvgIpc) is 2.61. The number of pyridine rings is 1. The first-order chi connectivity index (χ1) is 12.3. The first kappa shape index (κ1) is 19.1. The van der Waals surface area contributed by atoms with Gasteiger partial charge < -0.3 is 5.32 Å². The lowest BCUT2D eigenvalue weighted by molar-refractivity contribution is -0.141. The SMILES string of the molecule is Cc1nc(C(F)(F)F)ccc1C(=O)Nc1cccc(C2SCCCS2)c1. The number of alkyl halides is 3. The summed E-state index contributed by atoms with van der Waals surface area (Å²) in [6.45, 7) is 1.40. The highest BCUT2D eigenvalue weighted by atomic mass is 32.2. The zero-order chi connectivity index (χ0) is 18.7. The fourth-order valence-electron chi connectivity index (χ4n) is 2.60. The number of nitrogens with one attached hydrogen (secondary N) is 1. The molecule has 1 N–H and O–H groups in total. The van der Waals surface area contributed by atoms with Crippen molar-refractivity contribution in [1.82, 2.24) is 4.98 Å². The number of carbonyl (C=O) groups excluding carboxylic acids is 1. The van der Waals surface area contributed by atoms with Gasteiger partial charge in [-0.15, -0.1) is 23.5 Å². The molecule has 1 aromatic heterocycles. The second-order valence-electron chi connectivity index (χ2n) is 5.83. The van der Waals surface area contributed by atoms with Crippen LogP contribution in [-0.2, 0) is 6.18 Å². The van der Waals surface area contributed by atoms with E-state index in [9.17, 15) is 18.0 Å². The molecule has 0 spiro atoms. The van der Waals surface area contributed by atoms with E-state index in [1.165, 1.54) is 13.3 Å². The molecule has 0 bridgehead atoms. The number of anilines is 1. The smallest absolute Gasteiger partial charge is 0.322 e. The Morgan fingerprint density at radius 2 is 1.92 bits per heavy atom. The third-order valence-electron chi connectivity index (χ3n) is 3.86. The van der Waals surface area contributed by atoms with Crippen molar-refractivity contribution in [3.63, 3.8) is 0 Å². The van der Waals surface area contributed by atoms with E-state index in [1.807, 2.05) is 41.7 Å². The van der Waals surface area contributed by atoms with Crippen LogP contribution in [0.25, 0.3) is 0 Å². The predicted molar refractivity (Wildman–Crippen MR) is 101 cm³/mol. The monoisotopic (exact) mass is 398 g/mol. The maximum absolute atomic E-state index is 12.7. The summed E-state index contributed by atoms with van der Waals surface area (Å²) < 4.78 is 38.4. The quantitative estimate of drug-likeness (QED) is 0.738. The third-order valence-corrected chi connectivity index (χ3v) is 6.88. The van der Waals surface area contributed by atoms with E-state index in [0.29, 0.717) is 10.3 Å². The Hall–Kier alpha value is -1.67. The van der Waals surface area contributed by atoms with E-state index in [1.54, 1.807) is 6.07 Å². The lowest BCUT2D eigenvalue weighted by Crippen LogP contribution is -2.16. The van der Waals surface area contributed by atoms with Crippen LogP contribution >= 0.6 is 23.5 Å². The number of hydrogen-bond donors (Lipinski definition) is 1. The molecular weight excluding hydrogens is 381 g/mol. The minimum Gasteiger partial charge on any atom is -0.322 e. The molecule has 0 radical (unpaired) electrons. The average molecular weight is 398 g/mol. The second-order valence-corrected chi connectivity index (χ2v) is 8.56. The maximum atomic E-state index is 12.7. The molecule has 0 aliphatic carbocycles. The first-order valence-corrected chi connectivity index (χ1v) is 10.1. The Kier molecular flexibility index (Phi) is 5.82. The number of nitrogens with zero attached hydrogens (tertiary/aromatic N) is 1. The largest absolute Gasteiger partial charge is 0.433 e. The Bertz CT molecular complexity index is 805. The summed E-state index contributed by atoms with van der Waals surface area (Å²) in [4.78, 5) is 15.9. The van der Waals surface area contributed by atoms with Gasteiger partial charge in [-0.05, 0) is 54.7 Å². The van der Waals surface area contributed by atoms with Gasteiger partial charge in [0.25, 0.3) is 5.91 Å². The van der Waals surface area contributed by atoms with E-state index in [-0.39, 0.29) is 11.3 Å². The van der Waals surface area contributed by atoms with Gasteiger partial charge in [0.1, 0.15) is 5.69 Å². The number of halogens is 3. The van der Waals surface area contributed by atoms with Crippen molar-refractivity contribution >= 4 is 35.1 Å². The predicted octanol–water partition coefficient (Wildman–Crippen LogP) is 5.53. The van der Waals surface area contributed by atoms with Crippen molar-refractivity contribution in [1.29, 1.82) is 0 Å². The molecule has 1 saturated heterocycles. The molecule has 1 fully saturated rings. The van der Waals surface area contributed by atoms with E-state index in [4.69, 9.17) is 0 Å². The Labute approximate surface area is 158 Å². The number of hydrogen-bond acceptors (Lipinski definition) is 4. The minimum absolute atomic E-state index is 0.0480. The van der Waals surface area contributed by atoms with Crippen LogP contribution in [0.4, 0.5) is 18.9 Å². The van der Waals surface area contributed by atoms with Crippen LogP contribution in [0.15, 0.2) is 36.4 Å². The molecule has 26 heavy (non-hydrogen) atoms. The Morgan fingerprint density at radius 1 is 1.19 bits per heavy atom. The standard InChI is InChI=1S/C18H17F3N2OS2/c1-11-14(6-7-15(22-11)18(19,20)21)16(24)23-13-5-2-4-12(10-13)17-25-8-3-9-26-17/h2,4-7,10,17H,3,8-9H2,1H3,(H,23,24). The minimum atomic E-state index is -4.52. The summed E-state index contributed by atoms with van der Waals surface area (Å²) in [5.41, 5.74) is 0.926. The van der Waals surface area contributed by atoms with E-state index in [2.05, 4.69) is 10.3 Å². The van der Waals surface area contributed by atoms with Crippen LogP contribution in [0.1, 0.15) is 38.3 Å². The summed E-state index contributed by atoms with van der Waals surface area (Å²) in [6, 6.07) is 9.58. The number of amides is 1. The summed E-state index contributed by atoms with van der Waals surface area (Å²) in [5, 5.41) is 2.76. The van der Waals surface area contributed by atoms with E-state index < -0.39 is 17.8 Å². The Morgan fingerprint density at radius 3 is 2.58 bits per heavy atom. The van der Waals surface area contributed by atoms with Crippen molar-refractivity contribution in [2.45, 2.75) is 24.1 Å². The van der Waals surface area contributed by atoms with Crippen molar-refractivity contribution in [3.8, 4) is 0 Å². The molecule has 2 heterocycles. The zero-order valence-corrected chi connectivity index (χ0v) is 15.6. The molecule has 138 valence electrons. The summed E-state index contributed by atoms with van der Waals surface area (Å²) >= 11 is 3.76. The topological polar surface area (TPSA) is 42.0 Å². The van der Waals surface area contributed by atoms with Crippen LogP contribution < -0.4 is 5.32 Å². The van der Waals surface area contributed by atoms with Crippen LogP contribution in [0.3, 0.4) is 0 Å². The molecule has 3 rings (SSSR count). The summed E-state index contributed by atoms with van der Waals surface area (Å²) in [6.07, 6.45) is -3.33. The van der Waals surface area contributed by atoms with Gasteiger partial charge in [-0.2, -0.15) is 13.2 Å². The molecule has 0 atom stereocenters. The third kappa shape index (κ3) is 4.54. The van der Waals surface area contributed by atoms with Crippen molar-refractivity contribution in [3.05, 3.63) is 58.9 Å². The lowest BCUT2D eigenvalue weighted by Gasteiger charge is -2.21. The lowest BCUT2D eigenvalue weighted by atomic mass is 10.1. The number of aryl methyl sites for hydroxylation is 1. The van der Waals surface area contributed by atoms with Gasteiger partial charge in [-0.1, -0.05) is 12.1 Å². The van der Waals surface area contributed by atoms with Crippen LogP contribution in [-0.4, -0.2) is 22.4 Å². The molecular formula is C18H17F3N2OS2. The van der Waals surface area contributed by atoms with Crippen LogP contribution in [0.2, 0.25) is 0 Å². The van der Waals surface area contributed by atoms with E-state index >= 15 is 0 Å². The highest BCUT2D eigenvalue weighted by Crippen LogP contribution is 2.44. The number of aromatic nitrogens is 1. The fourth-order valence-corrected chi connectivity index (χ4v) is 5.47. The molecule has 0 unspecified atom stereocenters. The normalized spacial score (nSPS) is 15.7. The van der Waals surface area contributed by atoms with Gasteiger partial charge in [0, 0.05) is 5.69 Å². The number of thioether (sulfide) groups is 2. The molecule has 1 aromatic carbocycles. The van der Waals surface area contributed by atoms with Crippen molar-refractivity contribution < 1.29 is 18.0 Å². The second kappa shape index (κ2) is 7.92. The summed E-state index contributed by atoms with van der Waals surface area (Å²) in [7, 11) is 0. The number of benzene rings is 1. The Balaban J connectivity index is 1.76. The zero-order valence-electron chi connectivity index (χ0n) is 14.0. The first-order valence-electron chi connectivity index (χ1n) is 8.04. The molecule has 1 aliphatic rings. The van der Waals surface area contributed by atoms with Crippen LogP contribution in [0.5, 0.6) is 0 Å². The highest BCUT2D eigenvalue weighted by Gasteiger charge is 2.33. The molecule has 3 nitrogen and oxygen atoms in total. The highest BCUT2D eigenvalue weighted by molar-refractivity contribution is 8.16. The molecule has 1 aliphatic heterocycles. The van der Waals surface area contributed by atoms with Gasteiger partial charge in [-0.25, -0.2) is 4.98 Å². The fraction of sp³-hybridized carbons (Fsp3) is 0.333. The van der Waals surface area contributed by atoms with E-state index in [0.717, 1.165) is 29.2 Å². The van der Waals surface area contributed by atoms with Gasteiger partial charge >= 0.3 is 6.18 Å². The van der Waals surface area contributed by atoms with Gasteiger partial charge in [0.05, 0.1) is 15.8 Å². The molecule has 1 amide bonds. The van der Waals surface area contributed by atoms with Crippen molar-refractivity contribution in [2.24, 2.45) is 0 Å². The van der Waals surface area contributed by atoms with Gasteiger partial charge in [-0.3, -0.25) is 4.79 Å².